The van der Waals surface area contributed by atoms with Gasteiger partial charge in [-0.2, -0.15) is 0 Å². The van der Waals surface area contributed by atoms with Crippen LogP contribution in [-0.4, -0.2) is 7.05 Å². The van der Waals surface area contributed by atoms with Crippen molar-refractivity contribution >= 4 is 11.3 Å². The summed E-state index contributed by atoms with van der Waals surface area (Å²) in [6.45, 7) is 4.32. The highest BCUT2D eigenvalue weighted by Crippen LogP contribution is 2.27. The van der Waals surface area contributed by atoms with E-state index in [0.717, 1.165) is 0 Å². The molecule has 0 saturated carbocycles. The largest absolute Gasteiger partial charge is 0.309 e. The highest BCUT2D eigenvalue weighted by atomic mass is 32.1. The quantitative estimate of drug-likeness (QED) is 0.850. The van der Waals surface area contributed by atoms with E-state index < -0.39 is 0 Å². The van der Waals surface area contributed by atoms with Gasteiger partial charge in [0, 0.05) is 4.88 Å². The fraction of sp³-hybridized carbons (Fsp3) is 0.286. The number of aryl methyl sites for hydroxylation is 2. The Morgan fingerprint density at radius 3 is 2.50 bits per heavy atom. The van der Waals surface area contributed by atoms with Crippen molar-refractivity contribution in [3.05, 3.63) is 57.3 Å². The zero-order valence-electron chi connectivity index (χ0n) is 9.95. The van der Waals surface area contributed by atoms with Gasteiger partial charge in [0.15, 0.2) is 0 Å². The number of rotatable bonds is 3. The number of hydrogen-bond donors (Lipinski definition) is 1. The molecule has 1 unspecified atom stereocenters. The first-order chi connectivity index (χ1) is 7.72. The Bertz CT molecular complexity index is 473. The number of thiophene rings is 1. The van der Waals surface area contributed by atoms with Gasteiger partial charge in [-0.1, -0.05) is 24.3 Å². The molecule has 0 saturated heterocycles. The van der Waals surface area contributed by atoms with E-state index in [2.05, 4.69) is 54.9 Å². The molecular formula is C14H17NS. The van der Waals surface area contributed by atoms with E-state index in [1.54, 1.807) is 0 Å². The predicted molar refractivity (Wildman–Crippen MR) is 71.1 cm³/mol. The lowest BCUT2D eigenvalue weighted by Gasteiger charge is -2.17. The average molecular weight is 231 g/mol. The van der Waals surface area contributed by atoms with Gasteiger partial charge in [0.2, 0.25) is 0 Å². The van der Waals surface area contributed by atoms with Crippen molar-refractivity contribution in [3.8, 4) is 0 Å². The van der Waals surface area contributed by atoms with Crippen LogP contribution in [0.1, 0.15) is 27.6 Å². The van der Waals surface area contributed by atoms with E-state index >= 15 is 0 Å². The van der Waals surface area contributed by atoms with Crippen LogP contribution >= 0.6 is 11.3 Å². The third-order valence-corrected chi connectivity index (χ3v) is 3.75. The molecule has 2 aromatic rings. The highest BCUT2D eigenvalue weighted by Gasteiger charge is 2.14. The first-order valence-corrected chi connectivity index (χ1v) is 6.38. The van der Waals surface area contributed by atoms with E-state index in [9.17, 15) is 0 Å². The predicted octanol–water partition coefficient (Wildman–Crippen LogP) is 3.67. The van der Waals surface area contributed by atoms with Gasteiger partial charge in [-0.25, -0.2) is 0 Å². The Labute approximate surface area is 101 Å². The van der Waals surface area contributed by atoms with E-state index in [1.165, 1.54) is 21.6 Å². The zero-order chi connectivity index (χ0) is 11.5. The number of benzene rings is 1. The van der Waals surface area contributed by atoms with Crippen molar-refractivity contribution in [2.45, 2.75) is 19.9 Å². The minimum atomic E-state index is 0.311. The fourth-order valence-corrected chi connectivity index (χ4v) is 2.76. The molecule has 2 rings (SSSR count). The molecule has 1 N–H and O–H groups in total. The Hall–Kier alpha value is -1.12. The molecule has 1 heterocycles. The summed E-state index contributed by atoms with van der Waals surface area (Å²) in [5.74, 6) is 0. The minimum Gasteiger partial charge on any atom is -0.309 e. The molecule has 0 aliphatic heterocycles. The minimum absolute atomic E-state index is 0.311. The summed E-state index contributed by atoms with van der Waals surface area (Å²) in [6, 6.07) is 11.1. The van der Waals surface area contributed by atoms with Gasteiger partial charge in [0.05, 0.1) is 6.04 Å². The van der Waals surface area contributed by atoms with Crippen LogP contribution in [0, 0.1) is 13.8 Å². The van der Waals surface area contributed by atoms with Crippen LogP contribution in [0.3, 0.4) is 0 Å². The third kappa shape index (κ3) is 2.18. The monoisotopic (exact) mass is 231 g/mol. The molecule has 0 aliphatic carbocycles. The van der Waals surface area contributed by atoms with E-state index in [-0.39, 0.29) is 0 Å². The van der Waals surface area contributed by atoms with Gasteiger partial charge in [0.25, 0.3) is 0 Å². The van der Waals surface area contributed by atoms with Crippen molar-refractivity contribution < 1.29 is 0 Å². The molecule has 0 amide bonds. The van der Waals surface area contributed by atoms with E-state index in [4.69, 9.17) is 0 Å². The second-order valence-electron chi connectivity index (χ2n) is 4.07. The molecule has 1 atom stereocenters. The number of hydrogen-bond acceptors (Lipinski definition) is 2. The van der Waals surface area contributed by atoms with Gasteiger partial charge >= 0.3 is 0 Å². The van der Waals surface area contributed by atoms with Crippen LogP contribution < -0.4 is 5.32 Å². The van der Waals surface area contributed by atoms with Crippen molar-refractivity contribution in [1.29, 1.82) is 0 Å². The average Bonchev–Trinajstić information content (AvgIpc) is 2.69. The van der Waals surface area contributed by atoms with Gasteiger partial charge in [-0.15, -0.1) is 11.3 Å². The second-order valence-corrected chi connectivity index (χ2v) is 5.18. The summed E-state index contributed by atoms with van der Waals surface area (Å²) in [6.07, 6.45) is 0. The Kier molecular flexibility index (Phi) is 3.42. The second kappa shape index (κ2) is 4.81. The molecular weight excluding hydrogens is 214 g/mol. The molecule has 16 heavy (non-hydrogen) atoms. The van der Waals surface area contributed by atoms with Gasteiger partial charge < -0.3 is 5.32 Å². The van der Waals surface area contributed by atoms with Gasteiger partial charge in [-0.3, -0.25) is 0 Å². The number of nitrogens with one attached hydrogen (secondary N) is 1. The molecule has 1 nitrogen and oxygen atoms in total. The van der Waals surface area contributed by atoms with Crippen LogP contribution in [0.2, 0.25) is 0 Å². The van der Waals surface area contributed by atoms with Crippen molar-refractivity contribution in [3.63, 3.8) is 0 Å². The molecule has 84 valence electrons. The molecule has 1 aromatic carbocycles. The van der Waals surface area contributed by atoms with Crippen LogP contribution in [0.15, 0.2) is 35.7 Å². The van der Waals surface area contributed by atoms with Gasteiger partial charge in [-0.05, 0) is 49.0 Å². The zero-order valence-corrected chi connectivity index (χ0v) is 10.8. The van der Waals surface area contributed by atoms with Crippen LogP contribution in [0.4, 0.5) is 0 Å². The molecule has 1 aromatic heterocycles. The Morgan fingerprint density at radius 1 is 1.19 bits per heavy atom. The molecule has 0 spiro atoms. The summed E-state index contributed by atoms with van der Waals surface area (Å²) in [4.78, 5) is 1.36. The standard InChI is InChI=1S/C14H17NS/c1-10-6-4-5-7-13(10)14(15-3)12-8-11(2)16-9-12/h4-9,14-15H,1-3H3. The normalized spacial score (nSPS) is 12.7. The summed E-state index contributed by atoms with van der Waals surface area (Å²) < 4.78 is 0. The van der Waals surface area contributed by atoms with Crippen LogP contribution in [0.5, 0.6) is 0 Å². The summed E-state index contributed by atoms with van der Waals surface area (Å²) in [5.41, 5.74) is 4.06. The SMILES string of the molecule is CNC(c1csc(C)c1)c1ccccc1C. The summed E-state index contributed by atoms with van der Waals surface area (Å²) in [5, 5.41) is 5.63. The topological polar surface area (TPSA) is 12.0 Å². The smallest absolute Gasteiger partial charge is 0.0585 e. The maximum Gasteiger partial charge on any atom is 0.0585 e. The first-order valence-electron chi connectivity index (χ1n) is 5.50. The van der Waals surface area contributed by atoms with Crippen LogP contribution in [0.25, 0.3) is 0 Å². The maximum absolute atomic E-state index is 3.40. The molecule has 0 aliphatic rings. The lowest BCUT2D eigenvalue weighted by atomic mass is 9.97. The lowest BCUT2D eigenvalue weighted by molar-refractivity contribution is 0.690. The molecule has 0 bridgehead atoms. The molecule has 2 heteroatoms. The van der Waals surface area contributed by atoms with Crippen molar-refractivity contribution in [2.75, 3.05) is 7.05 Å². The summed E-state index contributed by atoms with van der Waals surface area (Å²) in [7, 11) is 2.02. The van der Waals surface area contributed by atoms with Gasteiger partial charge in [0.1, 0.15) is 0 Å². The lowest BCUT2D eigenvalue weighted by Crippen LogP contribution is -2.17. The Balaban J connectivity index is 2.40. The van der Waals surface area contributed by atoms with E-state index in [1.807, 2.05) is 18.4 Å². The molecule has 0 fully saturated rings. The third-order valence-electron chi connectivity index (χ3n) is 2.87. The first kappa shape index (κ1) is 11.4. The van der Waals surface area contributed by atoms with Crippen molar-refractivity contribution in [2.24, 2.45) is 0 Å². The Morgan fingerprint density at radius 2 is 1.94 bits per heavy atom. The highest BCUT2D eigenvalue weighted by molar-refractivity contribution is 7.10. The van der Waals surface area contributed by atoms with Crippen LogP contribution in [-0.2, 0) is 0 Å². The summed E-state index contributed by atoms with van der Waals surface area (Å²) >= 11 is 1.81. The molecule has 0 radical (unpaired) electrons. The van der Waals surface area contributed by atoms with Crippen molar-refractivity contribution in [1.82, 2.24) is 5.32 Å². The fourth-order valence-electron chi connectivity index (χ4n) is 2.03. The maximum atomic E-state index is 3.40. The van der Waals surface area contributed by atoms with E-state index in [0.29, 0.717) is 6.04 Å².